The lowest BCUT2D eigenvalue weighted by molar-refractivity contribution is 0.0344. The van der Waals surface area contributed by atoms with Gasteiger partial charge >= 0.3 is 0 Å². The minimum Gasteiger partial charge on any atom is -0.468 e. The minimum absolute atomic E-state index is 0.0468. The zero-order valence-corrected chi connectivity index (χ0v) is 45.4. The molecule has 2 aliphatic carbocycles. The molecule has 5 unspecified atom stereocenters. The molecule has 0 amide bonds. The first-order chi connectivity index (χ1) is 33.0. The molecule has 1 aromatic carbocycles. The third-order valence-corrected chi connectivity index (χ3v) is 15.2. The number of anilines is 1. The van der Waals surface area contributed by atoms with Crippen LogP contribution < -0.4 is 15.9 Å². The largest absolute Gasteiger partial charge is 0.468 e. The van der Waals surface area contributed by atoms with Crippen molar-refractivity contribution in [2.75, 3.05) is 4.90 Å². The number of nitrogens with zero attached hydrogens (tertiary/aromatic N) is 1. The van der Waals surface area contributed by atoms with Crippen LogP contribution >= 0.6 is 0 Å². The Bertz CT molecular complexity index is 2580. The van der Waals surface area contributed by atoms with Gasteiger partial charge in [-0.3, -0.25) is 0 Å². The van der Waals surface area contributed by atoms with Crippen LogP contribution in [0.5, 0.6) is 0 Å². The van der Waals surface area contributed by atoms with Crippen molar-refractivity contribution in [1.82, 2.24) is 5.32 Å². The number of rotatable bonds is 18. The summed E-state index contributed by atoms with van der Waals surface area (Å²) >= 11 is 0. The van der Waals surface area contributed by atoms with E-state index in [0.29, 0.717) is 17.8 Å². The van der Waals surface area contributed by atoms with Gasteiger partial charge in [0.2, 0.25) is 0 Å². The summed E-state index contributed by atoms with van der Waals surface area (Å²) in [4.78, 5) is 2.57. The van der Waals surface area contributed by atoms with Gasteiger partial charge < -0.3 is 14.6 Å². The monoisotopic (exact) mass is 935 g/mol. The number of fused-ring (bicyclic) bond motifs is 4. The number of hydrogen-bond donors (Lipinski definition) is 1. The molecule has 2 aromatic rings. The van der Waals surface area contributed by atoms with Gasteiger partial charge in [0.25, 0.3) is 6.71 Å². The molecule has 0 saturated heterocycles. The third kappa shape index (κ3) is 13.2. The Labute approximate surface area is 426 Å². The van der Waals surface area contributed by atoms with E-state index in [9.17, 15) is 0 Å². The van der Waals surface area contributed by atoms with Crippen LogP contribution in [-0.2, 0) is 0 Å². The highest BCUT2D eigenvalue weighted by Crippen LogP contribution is 2.54. The van der Waals surface area contributed by atoms with E-state index < -0.39 is 0 Å². The molecule has 1 N–H and O–H groups in total. The van der Waals surface area contributed by atoms with E-state index in [0.717, 1.165) is 53.0 Å². The van der Waals surface area contributed by atoms with Gasteiger partial charge in [0.05, 0.1) is 17.4 Å². The van der Waals surface area contributed by atoms with E-state index in [1.54, 1.807) is 0 Å². The van der Waals surface area contributed by atoms with Crippen molar-refractivity contribution in [1.29, 1.82) is 0 Å². The molecule has 1 fully saturated rings. The second-order valence-electron chi connectivity index (χ2n) is 23.5. The van der Waals surface area contributed by atoms with E-state index in [-0.39, 0.29) is 40.3 Å². The van der Waals surface area contributed by atoms with Crippen molar-refractivity contribution in [3.63, 3.8) is 0 Å². The Hall–Kier alpha value is -5.74. The molecule has 0 radical (unpaired) electrons. The first-order valence-electron chi connectivity index (χ1n) is 25.8. The first-order valence-corrected chi connectivity index (χ1v) is 25.8. The molecule has 1 aromatic heterocycles. The number of furan rings is 1. The van der Waals surface area contributed by atoms with Crippen molar-refractivity contribution in [2.24, 2.45) is 33.5 Å². The molecule has 70 heavy (non-hydrogen) atoms. The van der Waals surface area contributed by atoms with Gasteiger partial charge in [-0.25, -0.2) is 0 Å². The van der Waals surface area contributed by atoms with Crippen LogP contribution in [0.25, 0.3) is 11.0 Å². The van der Waals surface area contributed by atoms with Crippen LogP contribution in [0.2, 0.25) is 0 Å². The summed E-state index contributed by atoms with van der Waals surface area (Å²) in [5, 5.41) is 5.02. The smallest absolute Gasteiger partial charge is 0.282 e. The van der Waals surface area contributed by atoms with Gasteiger partial charge in [0.15, 0.2) is 0 Å². The summed E-state index contributed by atoms with van der Waals surface area (Å²) in [6.07, 6.45) is 47.3. The fraction of sp³-hybridized carbons (Fsp3) is 0.394. The molecular weight excluding hydrogens is 848 g/mol. The molecule has 4 heteroatoms. The Morgan fingerprint density at radius 2 is 1.36 bits per heavy atom. The standard InChI is InChI=1S/C66H87BN2O/c1-19-24-26-28-29-30-33-55-56(66(17,18)40-39-65(55,15)16)37-42-69-59(43-49(8)64(12,13)14)57(46-68-58(23-5)51(36-38-63(9,10)11)50(22-4)32-21-3)67(41-31-27-25-20-2)62-61(69)54-44-52-47(6)34-35-48(7)53(52)45-60(54)70-62/h19-33,36-38,41-42,44-48,55-56,59,68H,1-5,8,34-35,39-40,43H2,6-7,9-18H3/b26-24-,27-25-,29-28+,33-30+,38-36+,41-31+,42-37+,50-32+,57-46-,58-51-. The first kappa shape index (κ1) is 55.2. The van der Waals surface area contributed by atoms with Crippen molar-refractivity contribution in [3.05, 3.63) is 218 Å². The minimum atomic E-state index is -0.219. The Balaban J connectivity index is 1.91. The highest BCUT2D eigenvalue weighted by molar-refractivity contribution is 6.85. The van der Waals surface area contributed by atoms with Crippen molar-refractivity contribution < 1.29 is 4.42 Å². The summed E-state index contributed by atoms with van der Waals surface area (Å²) < 4.78 is 7.35. The summed E-state index contributed by atoms with van der Waals surface area (Å²) in [6.45, 7) is 53.1. The summed E-state index contributed by atoms with van der Waals surface area (Å²) in [6, 6.07) is 4.72. The zero-order chi connectivity index (χ0) is 51.6. The van der Waals surface area contributed by atoms with E-state index in [4.69, 9.17) is 11.0 Å². The lowest BCUT2D eigenvalue weighted by Crippen LogP contribution is -2.51. The van der Waals surface area contributed by atoms with Crippen molar-refractivity contribution >= 4 is 29.0 Å². The van der Waals surface area contributed by atoms with Crippen molar-refractivity contribution in [2.45, 2.75) is 133 Å². The van der Waals surface area contributed by atoms with Crippen molar-refractivity contribution in [3.8, 4) is 0 Å². The second-order valence-corrected chi connectivity index (χ2v) is 23.5. The average molecular weight is 935 g/mol. The van der Waals surface area contributed by atoms with Crippen LogP contribution in [0.4, 0.5) is 5.69 Å². The van der Waals surface area contributed by atoms with E-state index in [1.165, 1.54) is 40.4 Å². The molecule has 5 rings (SSSR count). The maximum Gasteiger partial charge on any atom is 0.282 e. The Morgan fingerprint density at radius 1 is 0.771 bits per heavy atom. The molecule has 1 saturated carbocycles. The number of nitrogens with one attached hydrogen (secondary N) is 1. The van der Waals surface area contributed by atoms with Crippen LogP contribution in [0.15, 0.2) is 212 Å². The molecule has 0 spiro atoms. The van der Waals surface area contributed by atoms with Gasteiger partial charge in [-0.2, -0.15) is 0 Å². The SMILES string of the molecule is C=C\C=C/C=C/C=C/C1C(/C=C/N2c3c(oc4cc5c(cc34)C(C)CCC5C)B(/C=C/C=C\C=C)/C(=C\N/C(C=C)=C(/C=C/C(C)(C)C)C(\C=C)=C\C=C)C2CC(=C)C(C)(C)C)C(C)(C)CCC1(C)C. The normalized spacial score (nSPS) is 24.1. The lowest BCUT2D eigenvalue weighted by Gasteiger charge is -2.51. The van der Waals surface area contributed by atoms with E-state index in [1.807, 2.05) is 54.7 Å². The second kappa shape index (κ2) is 23.5. The number of hydrogen-bond acceptors (Lipinski definition) is 3. The molecule has 370 valence electrons. The molecular formula is C66H87BN2O. The van der Waals surface area contributed by atoms with Crippen LogP contribution in [-0.4, -0.2) is 12.8 Å². The topological polar surface area (TPSA) is 28.4 Å². The highest BCUT2D eigenvalue weighted by Gasteiger charge is 2.47. The molecule has 5 atom stereocenters. The molecule has 0 bridgehead atoms. The average Bonchev–Trinajstić information content (AvgIpc) is 3.67. The summed E-state index contributed by atoms with van der Waals surface area (Å²) in [5.74, 6) is 3.77. The zero-order valence-electron chi connectivity index (χ0n) is 45.4. The van der Waals surface area contributed by atoms with Gasteiger partial charge in [-0.05, 0) is 124 Å². The lowest BCUT2D eigenvalue weighted by atomic mass is 9.39. The van der Waals surface area contributed by atoms with Gasteiger partial charge in [0, 0.05) is 22.9 Å². The molecule has 3 aliphatic rings. The predicted molar refractivity (Wildman–Crippen MR) is 312 cm³/mol. The predicted octanol–water partition coefficient (Wildman–Crippen LogP) is 18.0. The fourth-order valence-corrected chi connectivity index (χ4v) is 10.5. The van der Waals surface area contributed by atoms with Gasteiger partial charge in [-0.15, -0.1) is 5.98 Å². The van der Waals surface area contributed by atoms with E-state index >= 15 is 0 Å². The van der Waals surface area contributed by atoms with Crippen LogP contribution in [0.3, 0.4) is 0 Å². The Morgan fingerprint density at radius 3 is 1.93 bits per heavy atom. The third-order valence-electron chi connectivity index (χ3n) is 15.2. The molecule has 2 heterocycles. The summed E-state index contributed by atoms with van der Waals surface area (Å²) in [5.41, 5.74) is 11.0. The van der Waals surface area contributed by atoms with Gasteiger partial charge in [0.1, 0.15) is 5.58 Å². The molecule has 3 nitrogen and oxygen atoms in total. The van der Waals surface area contributed by atoms with Gasteiger partial charge in [-0.1, -0.05) is 231 Å². The van der Waals surface area contributed by atoms with Crippen LogP contribution in [0.1, 0.15) is 138 Å². The van der Waals surface area contributed by atoms with E-state index in [2.05, 4.69) is 211 Å². The maximum absolute atomic E-state index is 7.35. The van der Waals surface area contributed by atoms with Crippen LogP contribution in [0, 0.1) is 33.5 Å². The highest BCUT2D eigenvalue weighted by atomic mass is 16.3. The number of benzene rings is 1. The maximum atomic E-state index is 7.35. The number of allylic oxidation sites excluding steroid dienone is 20. The summed E-state index contributed by atoms with van der Waals surface area (Å²) in [7, 11) is 0. The molecule has 1 aliphatic heterocycles. The fourth-order valence-electron chi connectivity index (χ4n) is 10.5. The quantitative estimate of drug-likeness (QED) is 0.0917. The Kier molecular flexibility index (Phi) is 18.5.